The van der Waals surface area contributed by atoms with E-state index < -0.39 is 34.8 Å². The van der Waals surface area contributed by atoms with Crippen molar-refractivity contribution >= 4 is 28.1 Å². The van der Waals surface area contributed by atoms with Crippen molar-refractivity contribution < 1.29 is 32.0 Å². The van der Waals surface area contributed by atoms with Gasteiger partial charge in [-0.3, -0.25) is 4.18 Å². The van der Waals surface area contributed by atoms with Gasteiger partial charge in [0.15, 0.2) is 0 Å². The van der Waals surface area contributed by atoms with Gasteiger partial charge in [0.1, 0.15) is 0 Å². The number of esters is 1. The summed E-state index contributed by atoms with van der Waals surface area (Å²) in [5.74, 6) is -2.26. The Labute approximate surface area is 140 Å². The first-order valence-corrected chi connectivity index (χ1v) is 8.40. The van der Waals surface area contributed by atoms with Crippen LogP contribution in [0.15, 0.2) is 47.9 Å². The molecule has 0 saturated carbocycles. The maximum atomic E-state index is 11.7. The van der Waals surface area contributed by atoms with E-state index in [-0.39, 0.29) is 12.0 Å². The largest absolute Gasteiger partial charge is 0.479 e. The summed E-state index contributed by atoms with van der Waals surface area (Å²) in [4.78, 5) is 22.3. The molecule has 0 fully saturated rings. The van der Waals surface area contributed by atoms with E-state index in [2.05, 4.69) is 15.5 Å². The minimum absolute atomic E-state index is 0.0422. The number of hydrogen-bond acceptors (Lipinski definition) is 6. The van der Waals surface area contributed by atoms with Gasteiger partial charge in [-0.2, -0.15) is 8.42 Å². The molecule has 1 atom stereocenters. The summed E-state index contributed by atoms with van der Waals surface area (Å²) in [6.45, 7) is 4.27. The van der Waals surface area contributed by atoms with Gasteiger partial charge in [-0.15, -0.1) is 0 Å². The summed E-state index contributed by atoms with van der Waals surface area (Å²) < 4.78 is 32.8. The Hall–Kier alpha value is -2.45. The Morgan fingerprint density at radius 1 is 1.29 bits per heavy atom. The summed E-state index contributed by atoms with van der Waals surface area (Å²) >= 11 is 0. The van der Waals surface area contributed by atoms with E-state index in [0.29, 0.717) is 5.56 Å². The lowest BCUT2D eigenvalue weighted by Crippen LogP contribution is -2.29. The highest BCUT2D eigenvalue weighted by Crippen LogP contribution is 2.08. The maximum absolute atomic E-state index is 11.7. The third-order valence-corrected chi connectivity index (χ3v) is 3.69. The lowest BCUT2D eigenvalue weighted by atomic mass is 10.2. The van der Waals surface area contributed by atoms with Gasteiger partial charge in [0.2, 0.25) is 6.10 Å². The number of rotatable bonds is 9. The highest BCUT2D eigenvalue weighted by molar-refractivity contribution is 7.89. The van der Waals surface area contributed by atoms with Gasteiger partial charge in [-0.25, -0.2) is 9.59 Å². The molecule has 0 saturated heterocycles. The van der Waals surface area contributed by atoms with Crippen molar-refractivity contribution in [2.24, 2.45) is 0 Å². The van der Waals surface area contributed by atoms with Crippen LogP contribution in [0, 0.1) is 0 Å². The number of carboxylic acid groups (broad SMARTS) is 1. The van der Waals surface area contributed by atoms with Crippen LogP contribution >= 0.6 is 0 Å². The Bertz CT molecular complexity index is 720. The van der Waals surface area contributed by atoms with Crippen LogP contribution in [0.5, 0.6) is 0 Å². The molecule has 0 spiro atoms. The van der Waals surface area contributed by atoms with Gasteiger partial charge in [0, 0.05) is 12.0 Å². The second-order valence-corrected chi connectivity index (χ2v) is 6.32. The Balaban J connectivity index is 2.56. The van der Waals surface area contributed by atoms with Crippen LogP contribution < -0.4 is 0 Å². The molecule has 0 aliphatic carbocycles. The number of hydrogen-bond donors (Lipinski definition) is 1. The number of aliphatic carboxylic acids is 1. The van der Waals surface area contributed by atoms with Gasteiger partial charge in [-0.1, -0.05) is 36.9 Å². The maximum Gasteiger partial charge on any atom is 0.345 e. The van der Waals surface area contributed by atoms with E-state index in [9.17, 15) is 18.0 Å². The van der Waals surface area contributed by atoms with Crippen molar-refractivity contribution in [2.75, 3.05) is 6.61 Å². The molecule has 0 aromatic heterocycles. The van der Waals surface area contributed by atoms with E-state index in [1.165, 1.54) is 13.0 Å². The summed E-state index contributed by atoms with van der Waals surface area (Å²) in [6.07, 6.45) is -0.472. The molecule has 24 heavy (non-hydrogen) atoms. The zero-order valence-corrected chi connectivity index (χ0v) is 13.9. The first-order chi connectivity index (χ1) is 11.2. The van der Waals surface area contributed by atoms with Gasteiger partial charge >= 0.3 is 11.9 Å². The van der Waals surface area contributed by atoms with Crippen molar-refractivity contribution in [3.05, 3.63) is 53.5 Å². The smallest absolute Gasteiger partial charge is 0.345 e. The molecule has 1 aromatic carbocycles. The van der Waals surface area contributed by atoms with Crippen LogP contribution in [0.25, 0.3) is 6.08 Å². The fraction of sp³-hybridized carbons (Fsp3) is 0.250. The third-order valence-electron chi connectivity index (χ3n) is 2.73. The molecule has 1 rings (SSSR count). The lowest BCUT2D eigenvalue weighted by molar-refractivity contribution is -0.162. The molecule has 1 aromatic rings. The molecule has 1 unspecified atom stereocenters. The predicted octanol–water partition coefficient (Wildman–Crippen LogP) is 1.97. The average molecular weight is 354 g/mol. The molecule has 130 valence electrons. The summed E-state index contributed by atoms with van der Waals surface area (Å²) in [6, 6.07) is 8.72. The minimum atomic E-state index is -3.98. The average Bonchev–Trinajstić information content (AvgIpc) is 2.52. The first kappa shape index (κ1) is 19.6. The summed E-state index contributed by atoms with van der Waals surface area (Å²) in [5.41, 5.74) is 0.712. The van der Waals surface area contributed by atoms with Gasteiger partial charge in [-0.05, 0) is 18.6 Å². The van der Waals surface area contributed by atoms with Crippen LogP contribution in [0.1, 0.15) is 18.9 Å². The molecule has 0 aliphatic heterocycles. The monoisotopic (exact) mass is 354 g/mol. The van der Waals surface area contributed by atoms with Crippen molar-refractivity contribution in [1.82, 2.24) is 0 Å². The van der Waals surface area contributed by atoms with E-state index in [4.69, 9.17) is 5.11 Å². The lowest BCUT2D eigenvalue weighted by Gasteiger charge is -2.13. The fourth-order valence-electron chi connectivity index (χ4n) is 1.50. The van der Waals surface area contributed by atoms with E-state index in [0.717, 1.165) is 5.41 Å². The molecule has 0 amide bonds. The highest BCUT2D eigenvalue weighted by atomic mass is 32.2. The Kier molecular flexibility index (Phi) is 7.34. The molecule has 0 bridgehead atoms. The second kappa shape index (κ2) is 8.99. The van der Waals surface area contributed by atoms with Crippen LogP contribution in [-0.4, -0.2) is 38.2 Å². The van der Waals surface area contributed by atoms with Crippen LogP contribution in [0.4, 0.5) is 0 Å². The number of carbonyl (C=O) groups is 2. The normalized spacial score (nSPS) is 12.7. The standard InChI is InChI=1S/C16H18O7S/c1-12(2)16(19)23-14(15(17)18)8-10-22-24(20,21)11-9-13-6-4-3-5-7-13/h3-7,9,11,14H,1,8,10H2,2H3,(H,17,18). The highest BCUT2D eigenvalue weighted by Gasteiger charge is 2.23. The van der Waals surface area contributed by atoms with E-state index in [1.54, 1.807) is 30.3 Å². The quantitative estimate of drug-likeness (QED) is 0.410. The van der Waals surface area contributed by atoms with E-state index >= 15 is 0 Å². The van der Waals surface area contributed by atoms with Crippen molar-refractivity contribution in [3.8, 4) is 0 Å². The summed E-state index contributed by atoms with van der Waals surface area (Å²) in [5, 5.41) is 9.83. The Morgan fingerprint density at radius 2 is 1.92 bits per heavy atom. The Morgan fingerprint density at radius 3 is 2.46 bits per heavy atom. The topological polar surface area (TPSA) is 107 Å². The molecule has 0 aliphatic rings. The molecule has 0 heterocycles. The zero-order valence-electron chi connectivity index (χ0n) is 13.0. The van der Waals surface area contributed by atoms with Gasteiger partial charge in [0.05, 0.1) is 12.0 Å². The van der Waals surface area contributed by atoms with Crippen molar-refractivity contribution in [2.45, 2.75) is 19.4 Å². The molecule has 0 radical (unpaired) electrons. The molecule has 8 heteroatoms. The minimum Gasteiger partial charge on any atom is -0.479 e. The van der Waals surface area contributed by atoms with E-state index in [1.807, 2.05) is 0 Å². The van der Waals surface area contributed by atoms with Crippen LogP contribution in [0.2, 0.25) is 0 Å². The second-order valence-electron chi connectivity index (χ2n) is 4.83. The predicted molar refractivity (Wildman–Crippen MR) is 87.3 cm³/mol. The first-order valence-electron chi connectivity index (χ1n) is 6.93. The third kappa shape index (κ3) is 7.21. The van der Waals surface area contributed by atoms with Crippen LogP contribution in [0.3, 0.4) is 0 Å². The number of benzene rings is 1. The number of carboxylic acids is 1. The van der Waals surface area contributed by atoms with Gasteiger partial charge < -0.3 is 9.84 Å². The number of carbonyl (C=O) groups excluding carboxylic acids is 1. The van der Waals surface area contributed by atoms with Crippen molar-refractivity contribution in [3.63, 3.8) is 0 Å². The summed E-state index contributed by atoms with van der Waals surface area (Å²) in [7, 11) is -3.98. The van der Waals surface area contributed by atoms with Crippen molar-refractivity contribution in [1.29, 1.82) is 0 Å². The zero-order chi connectivity index (χ0) is 18.2. The molecule has 7 nitrogen and oxygen atoms in total. The molecular formula is C16H18O7S. The molecular weight excluding hydrogens is 336 g/mol. The number of ether oxygens (including phenoxy) is 1. The van der Waals surface area contributed by atoms with Crippen LogP contribution in [-0.2, 0) is 28.6 Å². The fourth-order valence-corrected chi connectivity index (χ4v) is 2.23. The molecule has 1 N–H and O–H groups in total. The SMILES string of the molecule is C=C(C)C(=O)OC(CCOS(=O)(=O)C=Cc1ccccc1)C(=O)O. The van der Waals surface area contributed by atoms with Gasteiger partial charge in [0.25, 0.3) is 10.1 Å².